The number of unbranched alkanes of at least 4 members (excludes halogenated alkanes) is 35. The van der Waals surface area contributed by atoms with Crippen molar-refractivity contribution in [2.75, 3.05) is 96.6 Å². The molecule has 586 valence electrons. The fourth-order valence-corrected chi connectivity index (χ4v) is 16.2. The normalized spacial score (nSPS) is 14.7. The molecule has 99 heavy (non-hydrogen) atoms. The highest BCUT2D eigenvalue weighted by Gasteiger charge is 2.21. The second kappa shape index (κ2) is 75.0. The maximum atomic E-state index is 13.1. The van der Waals surface area contributed by atoms with Crippen LogP contribution in [0.3, 0.4) is 0 Å². The van der Waals surface area contributed by atoms with Crippen LogP contribution >= 0.6 is 21.6 Å². The molecule has 4 atom stereocenters. The molecule has 0 bridgehead atoms. The third kappa shape index (κ3) is 67.2. The second-order valence-electron chi connectivity index (χ2n) is 30.2. The van der Waals surface area contributed by atoms with E-state index >= 15 is 0 Å². The molecule has 0 aliphatic carbocycles. The number of carbonyl (C=O) groups excluding carboxylic acids is 2. The zero-order valence-corrected chi connectivity index (χ0v) is 67.6. The monoisotopic (exact) mass is 1440 g/mol. The summed E-state index contributed by atoms with van der Waals surface area (Å²) >= 11 is 0. The van der Waals surface area contributed by atoms with Gasteiger partial charge in [0.2, 0.25) is 0 Å². The summed E-state index contributed by atoms with van der Waals surface area (Å²) in [7, 11) is 3.99. The van der Waals surface area contributed by atoms with E-state index in [9.17, 15) is 30.0 Å². The zero-order valence-electron chi connectivity index (χ0n) is 66.0. The highest BCUT2D eigenvalue weighted by Crippen LogP contribution is 2.25. The lowest BCUT2D eigenvalue weighted by atomic mass is 10.0. The summed E-state index contributed by atoms with van der Waals surface area (Å²) in [6.07, 6.45) is 68.4. The second-order valence-corrected chi connectivity index (χ2v) is 32.9. The standard InChI is InChI=1S/C85H166N4O8S2/c1-6-11-16-21-26-29-30-31-32-33-34-37-40-46-56-79(90)75-88(76-82(93)59-47-43-50-62-85(95)97-83(60-48-41-24-19-14-9-4)61-49-42-25-20-15-10-5)65-52-54-74-99-98-73-53-51-64-86-67-69-87(70-68-86)71-72-96-84(94)63-55-66-89(77-80(91)57-44-38-35-27-22-17-12-7-2)78-81(92)58-45-39-36-28-23-18-13-8-3/h26,29,31-32,79-83,90-93H,6-25,27-28,30,33-78H2,1-5H3/b29-26-,32-31-. The van der Waals surface area contributed by atoms with Gasteiger partial charge in [-0.05, 0) is 142 Å². The summed E-state index contributed by atoms with van der Waals surface area (Å²) in [4.78, 5) is 35.5. The number of aliphatic hydroxyl groups is 4. The van der Waals surface area contributed by atoms with Crippen molar-refractivity contribution in [3.8, 4) is 0 Å². The summed E-state index contributed by atoms with van der Waals surface area (Å²) < 4.78 is 11.9. The van der Waals surface area contributed by atoms with Crippen molar-refractivity contribution in [3.05, 3.63) is 24.3 Å². The number of rotatable bonds is 78. The van der Waals surface area contributed by atoms with Crippen LogP contribution in [0, 0.1) is 0 Å². The third-order valence-corrected chi connectivity index (χ3v) is 22.9. The number of aliphatic hydroxyl groups excluding tert-OH is 4. The Morgan fingerprint density at radius 1 is 0.364 bits per heavy atom. The van der Waals surface area contributed by atoms with Crippen LogP contribution in [0.4, 0.5) is 0 Å². The van der Waals surface area contributed by atoms with Gasteiger partial charge in [0.05, 0.1) is 24.4 Å². The Bertz CT molecular complexity index is 1700. The van der Waals surface area contributed by atoms with E-state index in [1.807, 2.05) is 21.6 Å². The number of esters is 2. The zero-order chi connectivity index (χ0) is 71.8. The molecule has 4 unspecified atom stereocenters. The fourth-order valence-electron chi connectivity index (χ4n) is 13.9. The van der Waals surface area contributed by atoms with Crippen LogP contribution < -0.4 is 0 Å². The Kier molecular flexibility index (Phi) is 72.6. The Balaban J connectivity index is 2.48. The van der Waals surface area contributed by atoms with E-state index in [1.165, 1.54) is 205 Å². The van der Waals surface area contributed by atoms with E-state index in [-0.39, 0.29) is 24.1 Å². The molecule has 1 fully saturated rings. The van der Waals surface area contributed by atoms with Gasteiger partial charge in [-0.2, -0.15) is 0 Å². The van der Waals surface area contributed by atoms with Crippen LogP contribution in [0.2, 0.25) is 0 Å². The minimum absolute atomic E-state index is 0.0419. The van der Waals surface area contributed by atoms with E-state index < -0.39 is 18.3 Å². The lowest BCUT2D eigenvalue weighted by Gasteiger charge is -2.34. The molecule has 0 aromatic heterocycles. The highest BCUT2D eigenvalue weighted by atomic mass is 33.1. The van der Waals surface area contributed by atoms with Crippen molar-refractivity contribution < 1.29 is 39.5 Å². The lowest BCUT2D eigenvalue weighted by Crippen LogP contribution is -2.47. The average Bonchev–Trinajstić information content (AvgIpc) is 1.55. The predicted octanol–water partition coefficient (Wildman–Crippen LogP) is 21.8. The molecule has 12 nitrogen and oxygen atoms in total. The molecule has 0 radical (unpaired) electrons. The van der Waals surface area contributed by atoms with Crippen LogP contribution in [0.5, 0.6) is 0 Å². The topological polar surface area (TPSA) is 146 Å². The minimum Gasteiger partial charge on any atom is -0.464 e. The van der Waals surface area contributed by atoms with Crippen LogP contribution in [0.15, 0.2) is 24.3 Å². The summed E-state index contributed by atoms with van der Waals surface area (Å²) in [5, 5.41) is 44.7. The Morgan fingerprint density at radius 2 is 0.697 bits per heavy atom. The van der Waals surface area contributed by atoms with E-state index in [1.54, 1.807) is 0 Å². The quantitative estimate of drug-likeness (QED) is 0.0198. The molecule has 1 heterocycles. The van der Waals surface area contributed by atoms with Gasteiger partial charge in [-0.1, -0.05) is 292 Å². The molecule has 4 N–H and O–H groups in total. The first kappa shape index (κ1) is 95.8. The Labute approximate surface area is 621 Å². The summed E-state index contributed by atoms with van der Waals surface area (Å²) in [5.41, 5.74) is 0. The number of carbonyl (C=O) groups is 2. The lowest BCUT2D eigenvalue weighted by molar-refractivity contribution is -0.150. The maximum Gasteiger partial charge on any atom is 0.306 e. The van der Waals surface area contributed by atoms with E-state index in [0.29, 0.717) is 65.0 Å². The maximum absolute atomic E-state index is 13.1. The fraction of sp³-hybridized carbons (Fsp3) is 0.929. The average molecular weight is 1440 g/mol. The number of hydrogen-bond acceptors (Lipinski definition) is 14. The Morgan fingerprint density at radius 3 is 1.13 bits per heavy atom. The molecular formula is C85H166N4O8S2. The molecule has 0 saturated carbocycles. The predicted molar refractivity (Wildman–Crippen MR) is 432 cm³/mol. The third-order valence-electron chi connectivity index (χ3n) is 20.3. The van der Waals surface area contributed by atoms with Gasteiger partial charge in [0.15, 0.2) is 0 Å². The summed E-state index contributed by atoms with van der Waals surface area (Å²) in [5.74, 6) is 2.09. The van der Waals surface area contributed by atoms with E-state index in [0.717, 1.165) is 173 Å². The number of hydrogen-bond donors (Lipinski definition) is 4. The van der Waals surface area contributed by atoms with Gasteiger partial charge in [0.1, 0.15) is 12.7 Å². The number of nitrogens with zero attached hydrogens (tertiary/aromatic N) is 4. The number of ether oxygens (including phenoxy) is 2. The van der Waals surface area contributed by atoms with Crippen molar-refractivity contribution in [1.82, 2.24) is 19.6 Å². The first-order valence-electron chi connectivity index (χ1n) is 43.0. The van der Waals surface area contributed by atoms with Crippen LogP contribution in [0.25, 0.3) is 0 Å². The molecule has 1 aliphatic heterocycles. The first-order chi connectivity index (χ1) is 48.5. The molecule has 1 rings (SSSR count). The molecule has 0 amide bonds. The van der Waals surface area contributed by atoms with Crippen molar-refractivity contribution in [3.63, 3.8) is 0 Å². The Hall–Kier alpha value is -1.20. The van der Waals surface area contributed by atoms with Gasteiger partial charge in [0.25, 0.3) is 0 Å². The molecule has 0 aromatic carbocycles. The van der Waals surface area contributed by atoms with Crippen LogP contribution in [-0.4, -0.2) is 179 Å². The van der Waals surface area contributed by atoms with Crippen molar-refractivity contribution in [2.45, 2.75) is 412 Å². The number of piperazine rings is 1. The molecule has 0 spiro atoms. The molecule has 0 aromatic rings. The number of allylic oxidation sites excluding steroid dienone is 4. The molecular weight excluding hydrogens is 1270 g/mol. The smallest absolute Gasteiger partial charge is 0.306 e. The van der Waals surface area contributed by atoms with Gasteiger partial charge in [-0.15, -0.1) is 0 Å². The van der Waals surface area contributed by atoms with Gasteiger partial charge >= 0.3 is 11.9 Å². The van der Waals surface area contributed by atoms with Gasteiger partial charge in [-0.3, -0.25) is 24.3 Å². The first-order valence-corrected chi connectivity index (χ1v) is 45.5. The minimum atomic E-state index is -0.444. The van der Waals surface area contributed by atoms with Gasteiger partial charge < -0.3 is 34.8 Å². The summed E-state index contributed by atoms with van der Waals surface area (Å²) in [6.45, 7) is 21.6. The van der Waals surface area contributed by atoms with Crippen LogP contribution in [-0.2, 0) is 19.1 Å². The summed E-state index contributed by atoms with van der Waals surface area (Å²) in [6, 6.07) is 0. The molecule has 1 aliphatic rings. The van der Waals surface area contributed by atoms with Crippen molar-refractivity contribution in [2.24, 2.45) is 0 Å². The molecule has 14 heteroatoms. The molecule has 1 saturated heterocycles. The van der Waals surface area contributed by atoms with Crippen molar-refractivity contribution in [1.29, 1.82) is 0 Å². The SMILES string of the molecule is CCCCC/C=C\C/C=C\CCCCCCC(O)CN(CCCCSSCCCCN1CCN(CCOC(=O)CCCN(CC(O)CCCCCCCCCC)CC(O)CCCCCCCCCC)CC1)CC(O)CCCCCC(=O)OC(CCCCCCCC)CCCCCCCC. The van der Waals surface area contributed by atoms with Crippen molar-refractivity contribution >= 4 is 33.5 Å². The van der Waals surface area contributed by atoms with Gasteiger partial charge in [-0.25, -0.2) is 0 Å². The van der Waals surface area contributed by atoms with Gasteiger partial charge in [0, 0.05) is 83.3 Å². The van der Waals surface area contributed by atoms with E-state index in [4.69, 9.17) is 9.47 Å². The van der Waals surface area contributed by atoms with E-state index in [2.05, 4.69) is 78.5 Å². The highest BCUT2D eigenvalue weighted by molar-refractivity contribution is 8.76. The van der Waals surface area contributed by atoms with Crippen LogP contribution in [0.1, 0.15) is 381 Å². The largest absolute Gasteiger partial charge is 0.464 e.